The van der Waals surface area contributed by atoms with Gasteiger partial charge in [-0.05, 0) is 26.3 Å². The van der Waals surface area contributed by atoms with Crippen LogP contribution in [0, 0.1) is 5.92 Å². The minimum atomic E-state index is -0.192. The molecule has 0 aliphatic carbocycles. The summed E-state index contributed by atoms with van der Waals surface area (Å²) in [5, 5.41) is 14.5. The minimum Gasteiger partial charge on any atom is -0.411 e. The molecule has 2 atom stereocenters. The van der Waals surface area contributed by atoms with Crippen LogP contribution in [0.15, 0.2) is 35.5 Å². The van der Waals surface area contributed by atoms with Crippen molar-refractivity contribution in [3.8, 4) is 0 Å². The van der Waals surface area contributed by atoms with Gasteiger partial charge < -0.3 is 5.21 Å². The van der Waals surface area contributed by atoms with E-state index in [1.54, 1.807) is 0 Å². The number of piperidine rings is 1. The molecule has 110 valence electrons. The van der Waals surface area contributed by atoms with Gasteiger partial charge in [0.05, 0.1) is 5.71 Å². The molecule has 1 fully saturated rings. The van der Waals surface area contributed by atoms with Gasteiger partial charge in [-0.3, -0.25) is 4.84 Å². The summed E-state index contributed by atoms with van der Waals surface area (Å²) in [6, 6.07) is 10.2. The first-order valence-corrected chi connectivity index (χ1v) is 7.17. The quantitative estimate of drug-likeness (QED) is 0.677. The van der Waals surface area contributed by atoms with E-state index >= 15 is 0 Å². The molecule has 0 bridgehead atoms. The van der Waals surface area contributed by atoms with Gasteiger partial charge in [0.15, 0.2) is 0 Å². The standard InChI is InChI=1S/C16H24N2O2/c1-12-15(17-19)10-11-18(16(12,3)4)20-13(2)14-8-6-5-7-9-14/h5-9,12-13,19H,10-11H2,1-4H3. The third-order valence-corrected chi connectivity index (χ3v) is 4.46. The molecule has 0 saturated carbocycles. The van der Waals surface area contributed by atoms with Crippen molar-refractivity contribution in [2.75, 3.05) is 6.54 Å². The van der Waals surface area contributed by atoms with Crippen LogP contribution in [0.3, 0.4) is 0 Å². The third-order valence-electron chi connectivity index (χ3n) is 4.46. The lowest BCUT2D eigenvalue weighted by molar-refractivity contribution is -0.254. The molecular formula is C16H24N2O2. The second-order valence-electron chi connectivity index (χ2n) is 5.98. The topological polar surface area (TPSA) is 45.1 Å². The fourth-order valence-corrected chi connectivity index (χ4v) is 2.65. The molecule has 1 saturated heterocycles. The summed E-state index contributed by atoms with van der Waals surface area (Å²) in [4.78, 5) is 6.15. The van der Waals surface area contributed by atoms with E-state index in [0.29, 0.717) is 0 Å². The smallest absolute Gasteiger partial charge is 0.101 e. The van der Waals surface area contributed by atoms with E-state index in [-0.39, 0.29) is 17.6 Å². The molecule has 2 unspecified atom stereocenters. The van der Waals surface area contributed by atoms with Gasteiger partial charge in [0.2, 0.25) is 0 Å². The summed E-state index contributed by atoms with van der Waals surface area (Å²) in [5.74, 6) is 0.157. The van der Waals surface area contributed by atoms with Gasteiger partial charge in [-0.2, -0.15) is 5.06 Å². The van der Waals surface area contributed by atoms with Crippen LogP contribution in [0.2, 0.25) is 0 Å². The fraction of sp³-hybridized carbons (Fsp3) is 0.562. The summed E-state index contributed by atoms with van der Waals surface area (Å²) >= 11 is 0. The number of oxime groups is 1. The zero-order valence-electron chi connectivity index (χ0n) is 12.7. The predicted molar refractivity (Wildman–Crippen MR) is 79.7 cm³/mol. The second kappa shape index (κ2) is 5.94. The summed E-state index contributed by atoms with van der Waals surface area (Å²) in [5.41, 5.74) is 1.82. The van der Waals surface area contributed by atoms with Crippen molar-refractivity contribution in [1.29, 1.82) is 0 Å². The van der Waals surface area contributed by atoms with Crippen molar-refractivity contribution in [1.82, 2.24) is 5.06 Å². The number of rotatable bonds is 3. The maximum atomic E-state index is 9.07. The average molecular weight is 276 g/mol. The Labute approximate surface area is 121 Å². The van der Waals surface area contributed by atoms with E-state index in [2.05, 4.69) is 45.0 Å². The molecule has 0 amide bonds. The minimum absolute atomic E-state index is 0.00953. The first kappa shape index (κ1) is 15.0. The molecule has 2 rings (SSSR count). The summed E-state index contributed by atoms with van der Waals surface area (Å²) in [6.45, 7) is 9.14. The predicted octanol–water partition coefficient (Wildman–Crippen LogP) is 3.63. The first-order valence-electron chi connectivity index (χ1n) is 7.17. The van der Waals surface area contributed by atoms with Gasteiger partial charge in [0.1, 0.15) is 6.10 Å². The maximum Gasteiger partial charge on any atom is 0.101 e. The Morgan fingerprint density at radius 3 is 2.60 bits per heavy atom. The highest BCUT2D eigenvalue weighted by molar-refractivity contribution is 5.88. The number of benzene rings is 1. The van der Waals surface area contributed by atoms with Crippen molar-refractivity contribution in [3.63, 3.8) is 0 Å². The van der Waals surface area contributed by atoms with Crippen LogP contribution >= 0.6 is 0 Å². The highest BCUT2D eigenvalue weighted by atomic mass is 16.7. The molecule has 1 aliphatic rings. The van der Waals surface area contributed by atoms with Gasteiger partial charge in [-0.1, -0.05) is 42.4 Å². The molecule has 0 aromatic heterocycles. The summed E-state index contributed by atoms with van der Waals surface area (Å²) < 4.78 is 0. The molecular weight excluding hydrogens is 252 g/mol. The van der Waals surface area contributed by atoms with Crippen molar-refractivity contribution in [2.24, 2.45) is 11.1 Å². The molecule has 0 radical (unpaired) electrons. The zero-order chi connectivity index (χ0) is 14.8. The lowest BCUT2D eigenvalue weighted by Crippen LogP contribution is -2.55. The number of hydrogen-bond acceptors (Lipinski definition) is 4. The van der Waals surface area contributed by atoms with Gasteiger partial charge in [0.25, 0.3) is 0 Å². The third kappa shape index (κ3) is 2.86. The average Bonchev–Trinajstić information content (AvgIpc) is 2.45. The van der Waals surface area contributed by atoms with E-state index in [1.807, 2.05) is 23.3 Å². The lowest BCUT2D eigenvalue weighted by Gasteiger charge is -2.46. The summed E-state index contributed by atoms with van der Waals surface area (Å²) in [7, 11) is 0. The van der Waals surface area contributed by atoms with E-state index in [1.165, 1.54) is 0 Å². The lowest BCUT2D eigenvalue weighted by atomic mass is 9.80. The monoisotopic (exact) mass is 276 g/mol. The first-order chi connectivity index (χ1) is 9.46. The Balaban J connectivity index is 2.10. The normalized spacial score (nSPS) is 26.6. The van der Waals surface area contributed by atoms with Crippen molar-refractivity contribution < 1.29 is 10.0 Å². The second-order valence-corrected chi connectivity index (χ2v) is 5.98. The molecule has 1 heterocycles. The highest BCUT2D eigenvalue weighted by Crippen LogP contribution is 2.34. The fourth-order valence-electron chi connectivity index (χ4n) is 2.65. The Morgan fingerprint density at radius 1 is 1.35 bits per heavy atom. The molecule has 4 nitrogen and oxygen atoms in total. The largest absolute Gasteiger partial charge is 0.411 e. The Morgan fingerprint density at radius 2 is 2.00 bits per heavy atom. The number of nitrogens with zero attached hydrogens (tertiary/aromatic N) is 2. The van der Waals surface area contributed by atoms with Gasteiger partial charge in [-0.15, -0.1) is 0 Å². The van der Waals surface area contributed by atoms with Crippen molar-refractivity contribution in [2.45, 2.75) is 45.8 Å². The van der Waals surface area contributed by atoms with Crippen LogP contribution in [-0.2, 0) is 4.84 Å². The molecule has 1 aromatic carbocycles. The molecule has 0 spiro atoms. The van der Waals surface area contributed by atoms with Gasteiger partial charge in [-0.25, -0.2) is 0 Å². The van der Waals surface area contributed by atoms with Crippen LogP contribution < -0.4 is 0 Å². The molecule has 1 aliphatic heterocycles. The molecule has 20 heavy (non-hydrogen) atoms. The van der Waals surface area contributed by atoms with E-state index < -0.39 is 0 Å². The Bertz CT molecular complexity index is 471. The maximum absolute atomic E-state index is 9.07. The van der Waals surface area contributed by atoms with Gasteiger partial charge in [0, 0.05) is 24.4 Å². The SMILES string of the molecule is CC(ON1CCC(=NO)C(C)C1(C)C)c1ccccc1. The number of hydroxylamine groups is 2. The van der Waals surface area contributed by atoms with Crippen molar-refractivity contribution >= 4 is 5.71 Å². The van der Waals surface area contributed by atoms with Crippen LogP contribution in [0.5, 0.6) is 0 Å². The Hall–Kier alpha value is -1.39. The van der Waals surface area contributed by atoms with Crippen molar-refractivity contribution in [3.05, 3.63) is 35.9 Å². The highest BCUT2D eigenvalue weighted by Gasteiger charge is 2.41. The van der Waals surface area contributed by atoms with Gasteiger partial charge >= 0.3 is 0 Å². The van der Waals surface area contributed by atoms with Crippen LogP contribution in [-0.4, -0.2) is 28.1 Å². The Kier molecular flexibility index (Phi) is 4.45. The van der Waals surface area contributed by atoms with E-state index in [9.17, 15) is 0 Å². The van der Waals surface area contributed by atoms with E-state index in [4.69, 9.17) is 10.0 Å². The molecule has 4 heteroatoms. The van der Waals surface area contributed by atoms with Crippen LogP contribution in [0.1, 0.15) is 45.8 Å². The van der Waals surface area contributed by atoms with Crippen LogP contribution in [0.4, 0.5) is 0 Å². The molecule has 1 aromatic rings. The summed E-state index contributed by atoms with van der Waals surface area (Å²) in [6.07, 6.45) is 0.748. The molecule has 1 N–H and O–H groups in total. The zero-order valence-corrected chi connectivity index (χ0v) is 12.7. The van der Waals surface area contributed by atoms with E-state index in [0.717, 1.165) is 24.2 Å². The van der Waals surface area contributed by atoms with Crippen LogP contribution in [0.25, 0.3) is 0 Å². The number of hydrogen-bond donors (Lipinski definition) is 1.